The van der Waals surface area contributed by atoms with Crippen LogP contribution < -0.4 is 0 Å². The van der Waals surface area contributed by atoms with E-state index in [-0.39, 0.29) is 10.0 Å². The van der Waals surface area contributed by atoms with Gasteiger partial charge in [0.05, 0.1) is 5.56 Å². The van der Waals surface area contributed by atoms with Gasteiger partial charge in [-0.2, -0.15) is 5.26 Å². The summed E-state index contributed by atoms with van der Waals surface area (Å²) in [4.78, 5) is -0.648. The molecule has 0 aliphatic rings. The lowest BCUT2D eigenvalue weighted by Gasteiger charge is -2.00. The summed E-state index contributed by atoms with van der Waals surface area (Å²) in [6.45, 7) is 0. The molecule has 1 aromatic carbocycles. The average molecular weight is 299 g/mol. The molecule has 0 bridgehead atoms. The van der Waals surface area contributed by atoms with Crippen molar-refractivity contribution in [3.05, 3.63) is 28.0 Å². The summed E-state index contributed by atoms with van der Waals surface area (Å²) in [5, 5.41) is 8.51. The van der Waals surface area contributed by atoms with Gasteiger partial charge in [0.2, 0.25) is 0 Å². The first kappa shape index (κ1) is 11.4. The highest BCUT2D eigenvalue weighted by Crippen LogP contribution is 2.26. The Morgan fingerprint density at radius 3 is 2.50 bits per heavy atom. The molecular formula is C7H2BrClFNO2S. The summed E-state index contributed by atoms with van der Waals surface area (Å²) in [6, 6.07) is 3.45. The minimum atomic E-state index is -4.12. The van der Waals surface area contributed by atoms with Crippen LogP contribution in [0.25, 0.3) is 0 Å². The van der Waals surface area contributed by atoms with Crippen LogP contribution in [0.2, 0.25) is 0 Å². The molecule has 0 aliphatic carbocycles. The van der Waals surface area contributed by atoms with Crippen molar-refractivity contribution in [3.8, 4) is 6.07 Å². The average Bonchev–Trinajstić information content (AvgIpc) is 2.06. The lowest BCUT2D eigenvalue weighted by molar-refractivity contribution is 0.575. The molecule has 0 N–H and O–H groups in total. The van der Waals surface area contributed by atoms with Crippen molar-refractivity contribution < 1.29 is 12.8 Å². The molecule has 0 amide bonds. The van der Waals surface area contributed by atoms with Gasteiger partial charge in [0.25, 0.3) is 9.05 Å². The molecule has 0 saturated heterocycles. The SMILES string of the molecule is N#Cc1cc(F)c(S(=O)(=O)Cl)cc1Br. The highest BCUT2D eigenvalue weighted by atomic mass is 79.9. The normalized spacial score (nSPS) is 11.0. The van der Waals surface area contributed by atoms with E-state index in [0.717, 1.165) is 12.1 Å². The van der Waals surface area contributed by atoms with Crippen molar-refractivity contribution in [1.29, 1.82) is 5.26 Å². The van der Waals surface area contributed by atoms with Crippen molar-refractivity contribution in [2.45, 2.75) is 4.90 Å². The first-order chi connectivity index (χ1) is 6.36. The van der Waals surface area contributed by atoms with Gasteiger partial charge in [-0.25, -0.2) is 12.8 Å². The second-order valence-electron chi connectivity index (χ2n) is 2.31. The molecule has 1 aromatic rings. The Kier molecular flexibility index (Phi) is 3.14. The van der Waals surface area contributed by atoms with E-state index in [0.29, 0.717) is 0 Å². The van der Waals surface area contributed by atoms with E-state index in [1.807, 2.05) is 0 Å². The van der Waals surface area contributed by atoms with Gasteiger partial charge in [0.15, 0.2) is 0 Å². The Hall–Kier alpha value is -0.640. The quantitative estimate of drug-likeness (QED) is 0.748. The third kappa shape index (κ3) is 2.23. The van der Waals surface area contributed by atoms with Crippen LogP contribution >= 0.6 is 26.6 Å². The molecule has 0 saturated carbocycles. The molecule has 0 fully saturated rings. The zero-order valence-electron chi connectivity index (χ0n) is 6.46. The van der Waals surface area contributed by atoms with E-state index in [4.69, 9.17) is 15.9 Å². The van der Waals surface area contributed by atoms with Gasteiger partial charge >= 0.3 is 0 Å². The third-order valence-electron chi connectivity index (χ3n) is 1.40. The maximum atomic E-state index is 13.1. The largest absolute Gasteiger partial charge is 0.264 e. The number of hydrogen-bond donors (Lipinski definition) is 0. The summed E-state index contributed by atoms with van der Waals surface area (Å²) in [5.41, 5.74) is 0.00608. The predicted octanol–water partition coefficient (Wildman–Crippen LogP) is 2.39. The number of hydrogen-bond acceptors (Lipinski definition) is 3. The van der Waals surface area contributed by atoms with Gasteiger partial charge in [-0.3, -0.25) is 0 Å². The monoisotopic (exact) mass is 297 g/mol. The standard InChI is InChI=1S/C7H2BrClFNO2S/c8-5-2-7(14(9,12)13)6(10)1-4(5)3-11/h1-2H. The molecule has 3 nitrogen and oxygen atoms in total. The van der Waals surface area contributed by atoms with E-state index >= 15 is 0 Å². The first-order valence-corrected chi connectivity index (χ1v) is 6.30. The van der Waals surface area contributed by atoms with E-state index in [1.54, 1.807) is 6.07 Å². The molecule has 0 aromatic heterocycles. The zero-order valence-corrected chi connectivity index (χ0v) is 9.62. The smallest absolute Gasteiger partial charge is 0.207 e. The number of nitriles is 1. The fourth-order valence-electron chi connectivity index (χ4n) is 0.801. The molecule has 0 heterocycles. The molecule has 0 spiro atoms. The lowest BCUT2D eigenvalue weighted by atomic mass is 10.2. The lowest BCUT2D eigenvalue weighted by Crippen LogP contribution is -1.96. The van der Waals surface area contributed by atoms with E-state index in [2.05, 4.69) is 15.9 Å². The molecule has 14 heavy (non-hydrogen) atoms. The van der Waals surface area contributed by atoms with Gasteiger partial charge in [-0.15, -0.1) is 0 Å². The number of rotatable bonds is 1. The topological polar surface area (TPSA) is 57.9 Å². The van der Waals surface area contributed by atoms with Crippen LogP contribution in [0.3, 0.4) is 0 Å². The van der Waals surface area contributed by atoms with Crippen LogP contribution in [0.1, 0.15) is 5.56 Å². The van der Waals surface area contributed by atoms with Gasteiger partial charge in [0, 0.05) is 15.2 Å². The van der Waals surface area contributed by atoms with Crippen LogP contribution in [0.4, 0.5) is 4.39 Å². The summed E-state index contributed by atoms with van der Waals surface area (Å²) < 4.78 is 34.9. The second-order valence-corrected chi connectivity index (χ2v) is 5.70. The molecule has 0 unspecified atom stereocenters. The van der Waals surface area contributed by atoms with Crippen LogP contribution in [-0.4, -0.2) is 8.42 Å². The zero-order chi connectivity index (χ0) is 10.9. The van der Waals surface area contributed by atoms with Crippen molar-refractivity contribution >= 4 is 35.7 Å². The highest BCUT2D eigenvalue weighted by Gasteiger charge is 2.18. The Morgan fingerprint density at radius 2 is 2.07 bits per heavy atom. The van der Waals surface area contributed by atoms with Crippen molar-refractivity contribution in [2.24, 2.45) is 0 Å². The second kappa shape index (κ2) is 3.85. The number of benzene rings is 1. The fraction of sp³-hybridized carbons (Fsp3) is 0. The van der Waals surface area contributed by atoms with E-state index < -0.39 is 19.8 Å². The van der Waals surface area contributed by atoms with Crippen LogP contribution in [-0.2, 0) is 9.05 Å². The minimum absolute atomic E-state index is 0.00608. The molecule has 7 heteroatoms. The molecule has 74 valence electrons. The summed E-state index contributed by atoms with van der Waals surface area (Å²) >= 11 is 2.92. The Balaban J connectivity index is 3.54. The molecule has 0 aliphatic heterocycles. The molecule has 0 radical (unpaired) electrons. The minimum Gasteiger partial charge on any atom is -0.207 e. The molecule has 1 rings (SSSR count). The van der Waals surface area contributed by atoms with Crippen molar-refractivity contribution in [2.75, 3.05) is 0 Å². The summed E-state index contributed by atoms with van der Waals surface area (Å²) in [6.07, 6.45) is 0. The van der Waals surface area contributed by atoms with Gasteiger partial charge in [-0.05, 0) is 28.1 Å². The Labute approximate surface area is 92.7 Å². The third-order valence-corrected chi connectivity index (χ3v) is 3.40. The summed E-state index contributed by atoms with van der Waals surface area (Å²) in [7, 11) is 0.837. The first-order valence-electron chi connectivity index (χ1n) is 3.20. The van der Waals surface area contributed by atoms with E-state index in [1.165, 1.54) is 0 Å². The van der Waals surface area contributed by atoms with E-state index in [9.17, 15) is 12.8 Å². The predicted molar refractivity (Wildman–Crippen MR) is 51.9 cm³/mol. The number of nitrogens with zero attached hydrogens (tertiary/aromatic N) is 1. The molecule has 0 atom stereocenters. The van der Waals surface area contributed by atoms with Crippen molar-refractivity contribution in [3.63, 3.8) is 0 Å². The Bertz CT molecular complexity index is 523. The maximum Gasteiger partial charge on any atom is 0.264 e. The fourth-order valence-corrected chi connectivity index (χ4v) is 2.29. The maximum absolute atomic E-state index is 13.1. The van der Waals surface area contributed by atoms with Gasteiger partial charge in [0.1, 0.15) is 16.8 Å². The van der Waals surface area contributed by atoms with Crippen LogP contribution in [0, 0.1) is 17.1 Å². The highest BCUT2D eigenvalue weighted by molar-refractivity contribution is 9.10. The van der Waals surface area contributed by atoms with Crippen LogP contribution in [0.5, 0.6) is 0 Å². The van der Waals surface area contributed by atoms with Crippen molar-refractivity contribution in [1.82, 2.24) is 0 Å². The molecular weight excluding hydrogens is 297 g/mol. The van der Waals surface area contributed by atoms with Crippen LogP contribution in [0.15, 0.2) is 21.5 Å². The summed E-state index contributed by atoms with van der Waals surface area (Å²) in [5.74, 6) is -1.04. The number of halogens is 3. The Morgan fingerprint density at radius 1 is 1.50 bits per heavy atom. The van der Waals surface area contributed by atoms with Gasteiger partial charge < -0.3 is 0 Å². The van der Waals surface area contributed by atoms with Gasteiger partial charge in [-0.1, -0.05) is 0 Å².